The standard InChI is InChI=1S/C11H7NO4/c12-8-7(11(15)16)9(13)5-3-1-2-4-6(5)10(8)14/h1-4,12-13H,(H,15,16). The van der Waals surface area contributed by atoms with Crippen LogP contribution in [0.25, 0.3) is 5.76 Å². The van der Waals surface area contributed by atoms with Crippen molar-refractivity contribution >= 4 is 23.2 Å². The first kappa shape index (κ1) is 10.1. The first-order valence-electron chi connectivity index (χ1n) is 4.43. The normalized spacial score (nSPS) is 15.0. The van der Waals surface area contributed by atoms with Gasteiger partial charge in [-0.2, -0.15) is 0 Å². The molecule has 5 heteroatoms. The molecule has 0 heterocycles. The predicted octanol–water partition coefficient (Wildman–Crippen LogP) is 1.26. The zero-order chi connectivity index (χ0) is 11.9. The maximum Gasteiger partial charge on any atom is 0.341 e. The largest absolute Gasteiger partial charge is 0.506 e. The fourth-order valence-corrected chi connectivity index (χ4v) is 1.60. The molecule has 80 valence electrons. The van der Waals surface area contributed by atoms with E-state index in [4.69, 9.17) is 10.5 Å². The number of aliphatic carboxylic acids is 1. The molecule has 0 saturated heterocycles. The van der Waals surface area contributed by atoms with E-state index in [1.807, 2.05) is 0 Å². The number of aliphatic hydroxyl groups is 1. The smallest absolute Gasteiger partial charge is 0.341 e. The molecule has 0 unspecified atom stereocenters. The third-order valence-electron chi connectivity index (χ3n) is 2.35. The highest BCUT2D eigenvalue weighted by Crippen LogP contribution is 2.27. The summed E-state index contributed by atoms with van der Waals surface area (Å²) in [5, 5.41) is 25.9. The van der Waals surface area contributed by atoms with Crippen LogP contribution < -0.4 is 0 Å². The second kappa shape index (κ2) is 3.30. The van der Waals surface area contributed by atoms with Gasteiger partial charge in [-0.15, -0.1) is 0 Å². The fourth-order valence-electron chi connectivity index (χ4n) is 1.60. The zero-order valence-electron chi connectivity index (χ0n) is 8.02. The monoisotopic (exact) mass is 217 g/mol. The van der Waals surface area contributed by atoms with Gasteiger partial charge in [0.2, 0.25) is 5.78 Å². The molecule has 1 aromatic rings. The molecule has 0 fully saturated rings. The number of Topliss-reactive ketones (excluding diaryl/α,β-unsaturated/α-hetero) is 1. The van der Waals surface area contributed by atoms with Crippen LogP contribution in [0.4, 0.5) is 0 Å². The molecule has 0 bridgehead atoms. The number of nitrogens with one attached hydrogen (secondary N) is 1. The molecule has 0 radical (unpaired) electrons. The van der Waals surface area contributed by atoms with Crippen LogP contribution in [0.5, 0.6) is 0 Å². The van der Waals surface area contributed by atoms with Crippen molar-refractivity contribution in [1.82, 2.24) is 0 Å². The molecule has 5 nitrogen and oxygen atoms in total. The van der Waals surface area contributed by atoms with Crippen molar-refractivity contribution in [2.24, 2.45) is 0 Å². The van der Waals surface area contributed by atoms with Crippen LogP contribution in [0.2, 0.25) is 0 Å². The molecular weight excluding hydrogens is 210 g/mol. The van der Waals surface area contributed by atoms with E-state index in [1.165, 1.54) is 12.1 Å². The Morgan fingerprint density at radius 2 is 1.75 bits per heavy atom. The molecule has 0 atom stereocenters. The van der Waals surface area contributed by atoms with Gasteiger partial charge in [0.05, 0.1) is 0 Å². The highest BCUT2D eigenvalue weighted by molar-refractivity contribution is 6.57. The van der Waals surface area contributed by atoms with E-state index in [-0.39, 0.29) is 11.1 Å². The van der Waals surface area contributed by atoms with Gasteiger partial charge in [-0.1, -0.05) is 24.3 Å². The summed E-state index contributed by atoms with van der Waals surface area (Å²) in [6.07, 6.45) is 0. The van der Waals surface area contributed by atoms with Crippen molar-refractivity contribution in [3.8, 4) is 0 Å². The summed E-state index contributed by atoms with van der Waals surface area (Å²) in [4.78, 5) is 22.5. The first-order valence-corrected chi connectivity index (χ1v) is 4.43. The topological polar surface area (TPSA) is 98.5 Å². The molecule has 3 N–H and O–H groups in total. The molecule has 0 aromatic heterocycles. The number of ketones is 1. The van der Waals surface area contributed by atoms with E-state index >= 15 is 0 Å². The number of benzene rings is 1. The summed E-state index contributed by atoms with van der Waals surface area (Å²) < 4.78 is 0. The van der Waals surface area contributed by atoms with Gasteiger partial charge >= 0.3 is 5.97 Å². The van der Waals surface area contributed by atoms with Crippen molar-refractivity contribution in [3.63, 3.8) is 0 Å². The van der Waals surface area contributed by atoms with E-state index in [2.05, 4.69) is 0 Å². The molecule has 1 aliphatic rings. The Kier molecular flexibility index (Phi) is 2.09. The second-order valence-electron chi connectivity index (χ2n) is 3.28. The van der Waals surface area contributed by atoms with Gasteiger partial charge in [-0.25, -0.2) is 4.79 Å². The highest BCUT2D eigenvalue weighted by Gasteiger charge is 2.33. The minimum atomic E-state index is -1.48. The number of aliphatic hydroxyl groups excluding tert-OH is 1. The molecule has 1 aromatic carbocycles. The SMILES string of the molecule is N=C1C(=O)c2ccccc2C(O)=C1C(=O)O. The molecule has 0 spiro atoms. The molecule has 0 amide bonds. The van der Waals surface area contributed by atoms with Crippen LogP contribution in [0.15, 0.2) is 29.8 Å². The van der Waals surface area contributed by atoms with E-state index < -0.39 is 28.8 Å². The van der Waals surface area contributed by atoms with Gasteiger partial charge < -0.3 is 10.2 Å². The van der Waals surface area contributed by atoms with Crippen LogP contribution in [-0.4, -0.2) is 27.7 Å². The summed E-state index contributed by atoms with van der Waals surface area (Å²) >= 11 is 0. The highest BCUT2D eigenvalue weighted by atomic mass is 16.4. The lowest BCUT2D eigenvalue weighted by Crippen LogP contribution is -2.27. The Morgan fingerprint density at radius 3 is 2.31 bits per heavy atom. The molecule has 0 saturated carbocycles. The fraction of sp³-hybridized carbons (Fsp3) is 0. The Morgan fingerprint density at radius 1 is 1.19 bits per heavy atom. The van der Waals surface area contributed by atoms with Gasteiger partial charge in [-0.05, 0) is 0 Å². The van der Waals surface area contributed by atoms with Gasteiger partial charge in [0.1, 0.15) is 17.0 Å². The minimum absolute atomic E-state index is 0.148. The van der Waals surface area contributed by atoms with Crippen molar-refractivity contribution in [2.75, 3.05) is 0 Å². The van der Waals surface area contributed by atoms with Gasteiger partial charge in [0.15, 0.2) is 0 Å². The maximum atomic E-state index is 11.6. The predicted molar refractivity (Wildman–Crippen MR) is 55.7 cm³/mol. The molecular formula is C11H7NO4. The lowest BCUT2D eigenvalue weighted by Gasteiger charge is -2.16. The maximum absolute atomic E-state index is 11.6. The number of hydrogen-bond donors (Lipinski definition) is 3. The van der Waals surface area contributed by atoms with Crippen molar-refractivity contribution < 1.29 is 19.8 Å². The second-order valence-corrected chi connectivity index (χ2v) is 3.28. The lowest BCUT2D eigenvalue weighted by atomic mass is 9.88. The van der Waals surface area contributed by atoms with Crippen LogP contribution in [0.3, 0.4) is 0 Å². The van der Waals surface area contributed by atoms with E-state index in [1.54, 1.807) is 12.1 Å². The average Bonchev–Trinajstić information content (AvgIpc) is 2.26. The molecule has 2 rings (SSSR count). The summed E-state index contributed by atoms with van der Waals surface area (Å²) in [6.45, 7) is 0. The van der Waals surface area contributed by atoms with Gasteiger partial charge in [0, 0.05) is 11.1 Å². The number of hydrogen-bond acceptors (Lipinski definition) is 4. The Balaban J connectivity index is 2.79. The number of carboxylic acid groups (broad SMARTS) is 1. The molecule has 1 aliphatic carbocycles. The third kappa shape index (κ3) is 1.22. The molecule has 0 aliphatic heterocycles. The zero-order valence-corrected chi connectivity index (χ0v) is 8.02. The summed E-state index contributed by atoms with van der Waals surface area (Å²) in [7, 11) is 0. The van der Waals surface area contributed by atoms with Crippen molar-refractivity contribution in [1.29, 1.82) is 5.41 Å². The first-order chi connectivity index (χ1) is 7.54. The van der Waals surface area contributed by atoms with Crippen LogP contribution >= 0.6 is 0 Å². The quantitative estimate of drug-likeness (QED) is 0.659. The van der Waals surface area contributed by atoms with Crippen molar-refractivity contribution in [3.05, 3.63) is 41.0 Å². The van der Waals surface area contributed by atoms with Gasteiger partial charge in [0.25, 0.3) is 0 Å². The number of carbonyl (C=O) groups excluding carboxylic acids is 1. The number of fused-ring (bicyclic) bond motifs is 1. The van der Waals surface area contributed by atoms with Crippen LogP contribution in [-0.2, 0) is 4.79 Å². The van der Waals surface area contributed by atoms with Crippen LogP contribution in [0.1, 0.15) is 15.9 Å². The lowest BCUT2D eigenvalue weighted by molar-refractivity contribution is -0.132. The van der Waals surface area contributed by atoms with Gasteiger partial charge in [-0.3, -0.25) is 10.2 Å². The summed E-state index contributed by atoms with van der Waals surface area (Å²) in [6, 6.07) is 6.05. The number of carboxylic acids is 1. The molecule has 16 heavy (non-hydrogen) atoms. The summed E-state index contributed by atoms with van der Waals surface area (Å²) in [5.74, 6) is -2.70. The minimum Gasteiger partial charge on any atom is -0.506 e. The Bertz CT molecular complexity index is 557. The van der Waals surface area contributed by atoms with Crippen LogP contribution in [0, 0.1) is 5.41 Å². The number of carbonyl (C=O) groups is 2. The Labute approximate surface area is 90.2 Å². The third-order valence-corrected chi connectivity index (χ3v) is 2.35. The Hall–Kier alpha value is -2.43. The number of rotatable bonds is 1. The van der Waals surface area contributed by atoms with Crippen molar-refractivity contribution in [2.45, 2.75) is 0 Å². The van der Waals surface area contributed by atoms with E-state index in [0.29, 0.717) is 0 Å². The van der Waals surface area contributed by atoms with E-state index in [0.717, 1.165) is 0 Å². The average molecular weight is 217 g/mol. The summed E-state index contributed by atoms with van der Waals surface area (Å²) in [5.41, 5.74) is -1.04. The van der Waals surface area contributed by atoms with E-state index in [9.17, 15) is 14.7 Å².